The van der Waals surface area contributed by atoms with Crippen molar-refractivity contribution in [3.05, 3.63) is 36.3 Å². The maximum absolute atomic E-state index is 12.8. The summed E-state index contributed by atoms with van der Waals surface area (Å²) >= 11 is 0. The molecule has 0 unspecified atom stereocenters. The van der Waals surface area contributed by atoms with E-state index in [0.29, 0.717) is 32.1 Å². The molecule has 6 nitrogen and oxygen atoms in total. The number of fused-ring (bicyclic) bond motifs is 2. The number of ether oxygens (including phenoxy) is 2. The average molecular weight is 287 g/mol. The van der Waals surface area contributed by atoms with Crippen molar-refractivity contribution in [3.8, 4) is 0 Å². The second kappa shape index (κ2) is 5.13. The normalized spacial score (nSPS) is 25.8. The maximum Gasteiger partial charge on any atom is 0.274 e. The highest BCUT2D eigenvalue weighted by molar-refractivity contribution is 5.93. The number of hydrogen-bond donors (Lipinski definition) is 0. The Kier molecular flexibility index (Phi) is 3.12. The number of pyridine rings is 1. The van der Waals surface area contributed by atoms with Crippen molar-refractivity contribution >= 4 is 11.6 Å². The van der Waals surface area contributed by atoms with Crippen LogP contribution < -0.4 is 0 Å². The van der Waals surface area contributed by atoms with Gasteiger partial charge in [-0.3, -0.25) is 4.79 Å². The van der Waals surface area contributed by atoms with E-state index in [2.05, 4.69) is 4.98 Å². The Morgan fingerprint density at radius 3 is 3.19 bits per heavy atom. The summed E-state index contributed by atoms with van der Waals surface area (Å²) < 4.78 is 13.0. The summed E-state index contributed by atoms with van der Waals surface area (Å²) in [7, 11) is 0. The fraction of sp³-hybridized carbons (Fsp3) is 0.467. The van der Waals surface area contributed by atoms with Crippen molar-refractivity contribution in [2.24, 2.45) is 0 Å². The Bertz CT molecular complexity index is 634. The fourth-order valence-corrected chi connectivity index (χ4v) is 3.12. The fourth-order valence-electron chi connectivity index (χ4n) is 3.12. The molecular formula is C15H17N3O3. The highest BCUT2D eigenvalue weighted by atomic mass is 16.5. The molecule has 2 aromatic heterocycles. The van der Waals surface area contributed by atoms with Crippen LogP contribution in [0.5, 0.6) is 0 Å². The molecule has 2 atom stereocenters. The minimum absolute atomic E-state index is 0.00604. The van der Waals surface area contributed by atoms with Crippen molar-refractivity contribution in [1.29, 1.82) is 0 Å². The van der Waals surface area contributed by atoms with E-state index >= 15 is 0 Å². The predicted molar refractivity (Wildman–Crippen MR) is 75.2 cm³/mol. The van der Waals surface area contributed by atoms with Gasteiger partial charge in [0.2, 0.25) is 0 Å². The van der Waals surface area contributed by atoms with Crippen LogP contribution in [0.15, 0.2) is 30.6 Å². The first-order chi connectivity index (χ1) is 10.3. The third-order valence-electron chi connectivity index (χ3n) is 4.18. The lowest BCUT2D eigenvalue weighted by Gasteiger charge is -2.43. The van der Waals surface area contributed by atoms with Crippen LogP contribution in [0.1, 0.15) is 16.9 Å². The number of rotatable bonds is 1. The van der Waals surface area contributed by atoms with Gasteiger partial charge in [-0.05, 0) is 18.6 Å². The third kappa shape index (κ3) is 2.20. The maximum atomic E-state index is 12.8. The summed E-state index contributed by atoms with van der Waals surface area (Å²) in [5, 5.41) is 0. The highest BCUT2D eigenvalue weighted by Gasteiger charge is 2.38. The lowest BCUT2D eigenvalue weighted by atomic mass is 10.0. The largest absolute Gasteiger partial charge is 0.379 e. The van der Waals surface area contributed by atoms with Gasteiger partial charge < -0.3 is 18.8 Å². The zero-order valence-corrected chi connectivity index (χ0v) is 11.6. The second-order valence-electron chi connectivity index (χ2n) is 5.43. The number of aromatic nitrogens is 2. The topological polar surface area (TPSA) is 56.1 Å². The van der Waals surface area contributed by atoms with Crippen molar-refractivity contribution in [2.75, 3.05) is 26.4 Å². The van der Waals surface area contributed by atoms with Crippen LogP contribution in [0.4, 0.5) is 0 Å². The van der Waals surface area contributed by atoms with Gasteiger partial charge in [-0.15, -0.1) is 0 Å². The first kappa shape index (κ1) is 12.8. The standard InChI is InChI=1S/C15H17N3O3/c19-15(11-9-17-5-2-1-3-14(17)16-11)18-6-8-21-13-10-20-7-4-12(13)18/h1-3,5,9,12-13H,4,6-8,10H2/t12-,13+/m0/s1. The summed E-state index contributed by atoms with van der Waals surface area (Å²) in [4.78, 5) is 19.1. The van der Waals surface area contributed by atoms with Crippen LogP contribution in [0, 0.1) is 0 Å². The van der Waals surface area contributed by atoms with E-state index < -0.39 is 0 Å². The zero-order valence-electron chi connectivity index (χ0n) is 11.6. The molecule has 0 N–H and O–H groups in total. The van der Waals surface area contributed by atoms with E-state index in [1.165, 1.54) is 0 Å². The van der Waals surface area contributed by atoms with Crippen molar-refractivity contribution < 1.29 is 14.3 Å². The molecule has 2 fully saturated rings. The van der Waals surface area contributed by atoms with Gasteiger partial charge in [0.05, 0.1) is 19.3 Å². The zero-order chi connectivity index (χ0) is 14.2. The second-order valence-corrected chi connectivity index (χ2v) is 5.43. The van der Waals surface area contributed by atoms with E-state index in [0.717, 1.165) is 12.1 Å². The molecule has 4 rings (SSSR count). The van der Waals surface area contributed by atoms with Crippen molar-refractivity contribution in [2.45, 2.75) is 18.6 Å². The van der Waals surface area contributed by atoms with Gasteiger partial charge in [0.25, 0.3) is 5.91 Å². The van der Waals surface area contributed by atoms with E-state index in [4.69, 9.17) is 9.47 Å². The molecule has 2 aromatic rings. The van der Waals surface area contributed by atoms with Crippen molar-refractivity contribution in [1.82, 2.24) is 14.3 Å². The SMILES string of the molecule is O=C(c1cn2ccccc2n1)N1CCO[C@@H]2COCC[C@@H]21. The minimum atomic E-state index is -0.0149. The number of nitrogens with zero attached hydrogens (tertiary/aromatic N) is 3. The summed E-state index contributed by atoms with van der Waals surface area (Å²) in [6.07, 6.45) is 4.51. The molecular weight excluding hydrogens is 270 g/mol. The number of hydrogen-bond acceptors (Lipinski definition) is 4. The smallest absolute Gasteiger partial charge is 0.274 e. The van der Waals surface area contributed by atoms with Gasteiger partial charge in [-0.1, -0.05) is 6.07 Å². The van der Waals surface area contributed by atoms with E-state index in [1.54, 1.807) is 6.20 Å². The molecule has 21 heavy (non-hydrogen) atoms. The quantitative estimate of drug-likeness (QED) is 0.784. The van der Waals surface area contributed by atoms with E-state index in [9.17, 15) is 4.79 Å². The monoisotopic (exact) mass is 287 g/mol. The summed E-state index contributed by atoms with van der Waals surface area (Å²) in [5.41, 5.74) is 1.28. The van der Waals surface area contributed by atoms with Crippen LogP contribution in [0.2, 0.25) is 0 Å². The first-order valence-corrected chi connectivity index (χ1v) is 7.27. The molecule has 0 bridgehead atoms. The number of imidazole rings is 1. The van der Waals surface area contributed by atoms with Crippen molar-refractivity contribution in [3.63, 3.8) is 0 Å². The molecule has 0 aliphatic carbocycles. The van der Waals surface area contributed by atoms with Gasteiger partial charge in [0.15, 0.2) is 0 Å². The molecule has 0 aromatic carbocycles. The molecule has 2 aliphatic heterocycles. The summed E-state index contributed by atoms with van der Waals surface area (Å²) in [5.74, 6) is -0.0149. The van der Waals surface area contributed by atoms with Crippen LogP contribution in [0.25, 0.3) is 5.65 Å². The number of morpholine rings is 1. The number of carbonyl (C=O) groups is 1. The molecule has 1 amide bonds. The highest BCUT2D eigenvalue weighted by Crippen LogP contribution is 2.23. The van der Waals surface area contributed by atoms with Gasteiger partial charge >= 0.3 is 0 Å². The average Bonchev–Trinajstić information content (AvgIpc) is 2.97. The van der Waals surface area contributed by atoms with Gasteiger partial charge in [-0.25, -0.2) is 4.98 Å². The Morgan fingerprint density at radius 2 is 2.29 bits per heavy atom. The molecule has 2 aliphatic rings. The Hall–Kier alpha value is -1.92. The minimum Gasteiger partial charge on any atom is -0.379 e. The van der Waals surface area contributed by atoms with Gasteiger partial charge in [0, 0.05) is 25.5 Å². The lowest BCUT2D eigenvalue weighted by Crippen LogP contribution is -2.57. The van der Waals surface area contributed by atoms with Gasteiger partial charge in [-0.2, -0.15) is 0 Å². The molecule has 0 spiro atoms. The lowest BCUT2D eigenvalue weighted by molar-refractivity contribution is -0.124. The van der Waals surface area contributed by atoms with Crippen LogP contribution in [-0.4, -0.2) is 58.7 Å². The Balaban J connectivity index is 1.63. The van der Waals surface area contributed by atoms with Gasteiger partial charge in [0.1, 0.15) is 17.4 Å². The molecule has 0 radical (unpaired) electrons. The summed E-state index contributed by atoms with van der Waals surface area (Å²) in [6.45, 7) is 2.43. The van der Waals surface area contributed by atoms with E-state index in [1.807, 2.05) is 33.7 Å². The molecule has 4 heterocycles. The molecule has 110 valence electrons. The van der Waals surface area contributed by atoms with E-state index in [-0.39, 0.29) is 18.1 Å². The Labute approximate surface area is 122 Å². The van der Waals surface area contributed by atoms with Crippen LogP contribution >= 0.6 is 0 Å². The number of carbonyl (C=O) groups excluding carboxylic acids is 1. The van der Waals surface area contributed by atoms with Crippen LogP contribution in [0.3, 0.4) is 0 Å². The van der Waals surface area contributed by atoms with Crippen LogP contribution in [-0.2, 0) is 9.47 Å². The first-order valence-electron chi connectivity index (χ1n) is 7.27. The Morgan fingerprint density at radius 1 is 1.33 bits per heavy atom. The molecule has 6 heteroatoms. The predicted octanol–water partition coefficient (Wildman–Crippen LogP) is 0.964. The number of amides is 1. The summed E-state index contributed by atoms with van der Waals surface area (Å²) in [6, 6.07) is 5.84. The third-order valence-corrected chi connectivity index (χ3v) is 4.18. The molecule has 0 saturated carbocycles. The molecule has 2 saturated heterocycles.